The lowest BCUT2D eigenvalue weighted by Gasteiger charge is -2.58. The molecular weight excluding hydrogens is 506 g/mol. The second-order valence-electron chi connectivity index (χ2n) is 6.83. The molecule has 164 valence electrons. The SMILES string of the molecule is Br.COC1(N(C(C)=O)c2cccs2)C(=O)N2C=C(Cc3ccccn3)C(C(=O)O)S[C@@H]21. The van der Waals surface area contributed by atoms with Crippen LogP contribution >= 0.6 is 40.1 Å². The van der Waals surface area contributed by atoms with E-state index in [1.54, 1.807) is 36.0 Å². The smallest absolute Gasteiger partial charge is 0.320 e. The van der Waals surface area contributed by atoms with Crippen LogP contribution in [0, 0.1) is 0 Å². The number of nitrogens with zero attached hydrogens (tertiary/aromatic N) is 3. The van der Waals surface area contributed by atoms with Crippen molar-refractivity contribution < 1.29 is 24.2 Å². The molecule has 4 heterocycles. The number of hydrogen-bond donors (Lipinski definition) is 1. The zero-order valence-electron chi connectivity index (χ0n) is 16.6. The van der Waals surface area contributed by atoms with Crippen molar-refractivity contribution in [3.8, 4) is 0 Å². The van der Waals surface area contributed by atoms with Gasteiger partial charge in [-0.15, -0.1) is 40.1 Å². The van der Waals surface area contributed by atoms with E-state index in [4.69, 9.17) is 4.74 Å². The first kappa shape index (κ1) is 23.5. The third-order valence-electron chi connectivity index (χ3n) is 5.06. The van der Waals surface area contributed by atoms with Crippen molar-refractivity contribution >= 4 is 62.9 Å². The van der Waals surface area contributed by atoms with Crippen molar-refractivity contribution in [1.29, 1.82) is 0 Å². The second kappa shape index (κ2) is 9.11. The summed E-state index contributed by atoms with van der Waals surface area (Å²) < 4.78 is 5.65. The van der Waals surface area contributed by atoms with Crippen molar-refractivity contribution in [2.45, 2.75) is 29.7 Å². The van der Waals surface area contributed by atoms with E-state index in [-0.39, 0.29) is 22.9 Å². The van der Waals surface area contributed by atoms with E-state index in [9.17, 15) is 19.5 Å². The van der Waals surface area contributed by atoms with Crippen LogP contribution in [0.4, 0.5) is 5.00 Å². The number of fused-ring (bicyclic) bond motifs is 1. The Hall–Kier alpha value is -2.21. The van der Waals surface area contributed by atoms with Crippen molar-refractivity contribution in [3.63, 3.8) is 0 Å². The predicted molar refractivity (Wildman–Crippen MR) is 123 cm³/mol. The number of aliphatic carboxylic acids is 1. The predicted octanol–water partition coefficient (Wildman–Crippen LogP) is 2.91. The first-order valence-electron chi connectivity index (χ1n) is 9.11. The van der Waals surface area contributed by atoms with Gasteiger partial charge in [-0.2, -0.15) is 0 Å². The lowest BCUT2D eigenvalue weighted by molar-refractivity contribution is -0.182. The van der Waals surface area contributed by atoms with Crippen LogP contribution < -0.4 is 4.90 Å². The molecule has 1 saturated heterocycles. The third-order valence-corrected chi connectivity index (χ3v) is 7.49. The Labute approximate surface area is 197 Å². The molecule has 0 spiro atoms. The van der Waals surface area contributed by atoms with Crippen LogP contribution in [0.15, 0.2) is 53.7 Å². The number of amides is 2. The molecule has 1 fully saturated rings. The zero-order valence-corrected chi connectivity index (χ0v) is 20.0. The van der Waals surface area contributed by atoms with E-state index in [0.717, 1.165) is 11.8 Å². The number of halogens is 1. The van der Waals surface area contributed by atoms with Crippen LogP contribution in [0.3, 0.4) is 0 Å². The molecule has 3 atom stereocenters. The van der Waals surface area contributed by atoms with Gasteiger partial charge in [0.25, 0.3) is 11.6 Å². The van der Waals surface area contributed by atoms with Crippen LogP contribution in [0.25, 0.3) is 0 Å². The maximum atomic E-state index is 13.3. The average Bonchev–Trinajstić information content (AvgIpc) is 3.25. The van der Waals surface area contributed by atoms with Gasteiger partial charge in [-0.25, -0.2) is 0 Å². The second-order valence-corrected chi connectivity index (χ2v) is 8.94. The fraction of sp³-hybridized carbons (Fsp3) is 0.300. The number of carboxylic acids is 1. The fourth-order valence-electron chi connectivity index (χ4n) is 3.77. The number of methoxy groups -OCH3 is 1. The maximum absolute atomic E-state index is 13.3. The summed E-state index contributed by atoms with van der Waals surface area (Å²) in [6.45, 7) is 1.36. The molecule has 11 heteroatoms. The number of carbonyl (C=O) groups excluding carboxylic acids is 2. The van der Waals surface area contributed by atoms with Gasteiger partial charge in [0.1, 0.15) is 15.6 Å². The summed E-state index contributed by atoms with van der Waals surface area (Å²) >= 11 is 2.40. The number of rotatable bonds is 6. The minimum Gasteiger partial charge on any atom is -0.480 e. The quantitative estimate of drug-likeness (QED) is 0.457. The summed E-state index contributed by atoms with van der Waals surface area (Å²) in [5.41, 5.74) is -0.322. The lowest BCUT2D eigenvalue weighted by Crippen LogP contribution is -2.80. The summed E-state index contributed by atoms with van der Waals surface area (Å²) in [4.78, 5) is 44.8. The molecule has 2 aliphatic rings. The van der Waals surface area contributed by atoms with Gasteiger partial charge in [-0.1, -0.05) is 6.07 Å². The van der Waals surface area contributed by atoms with E-state index < -0.39 is 28.2 Å². The van der Waals surface area contributed by atoms with Crippen molar-refractivity contribution in [2.24, 2.45) is 0 Å². The van der Waals surface area contributed by atoms with Gasteiger partial charge in [0.05, 0.1) is 0 Å². The number of β-lactam (4-membered cyclic amide) rings is 1. The molecule has 8 nitrogen and oxygen atoms in total. The van der Waals surface area contributed by atoms with E-state index in [2.05, 4.69) is 4.98 Å². The van der Waals surface area contributed by atoms with Gasteiger partial charge < -0.3 is 9.84 Å². The minimum atomic E-state index is -1.60. The standard InChI is InChI=1S/C20H19N3O5S2.BrH/c1-12(24)23(15-7-5-9-29-15)20(28-2)18(27)22-11-13(10-14-6-3-4-8-21-14)16(17(25)26)30-19(20)22;/h3-9,11,16,19H,10H2,1-2H3,(H,25,26);1H/t16?,19-,20?;/m1./s1. The monoisotopic (exact) mass is 525 g/mol. The molecule has 2 aromatic heterocycles. The highest BCUT2D eigenvalue weighted by molar-refractivity contribution is 8.93. The Bertz CT molecular complexity index is 1020. The molecule has 2 aromatic rings. The highest BCUT2D eigenvalue weighted by Crippen LogP contribution is 2.51. The highest BCUT2D eigenvalue weighted by Gasteiger charge is 2.68. The molecule has 4 rings (SSSR count). The normalized spacial score (nSPS) is 24.4. The van der Waals surface area contributed by atoms with Crippen molar-refractivity contribution in [3.05, 3.63) is 59.4 Å². The van der Waals surface area contributed by atoms with Gasteiger partial charge in [0, 0.05) is 38.5 Å². The number of ether oxygens (including phenoxy) is 1. The molecular formula is C20H20BrN3O5S2. The Kier molecular flexibility index (Phi) is 6.89. The molecule has 2 aliphatic heterocycles. The topological polar surface area (TPSA) is 100 Å². The molecule has 0 saturated carbocycles. The first-order valence-corrected chi connectivity index (χ1v) is 10.9. The van der Waals surface area contributed by atoms with E-state index in [0.29, 0.717) is 22.7 Å². The number of aromatic nitrogens is 1. The van der Waals surface area contributed by atoms with Crippen LogP contribution in [0.2, 0.25) is 0 Å². The van der Waals surface area contributed by atoms with Crippen LogP contribution in [0.5, 0.6) is 0 Å². The van der Waals surface area contributed by atoms with Crippen molar-refractivity contribution in [2.75, 3.05) is 12.0 Å². The van der Waals surface area contributed by atoms with E-state index in [1.165, 1.54) is 35.2 Å². The number of anilines is 1. The Balaban J connectivity index is 0.00000272. The Morgan fingerprint density at radius 2 is 2.10 bits per heavy atom. The lowest BCUT2D eigenvalue weighted by atomic mass is 9.97. The Morgan fingerprint density at radius 3 is 2.65 bits per heavy atom. The number of hydrogen-bond acceptors (Lipinski definition) is 7. The summed E-state index contributed by atoms with van der Waals surface area (Å²) in [5, 5.41) is 10.6. The molecule has 2 unspecified atom stereocenters. The first-order chi connectivity index (χ1) is 14.4. The number of pyridine rings is 1. The fourth-order valence-corrected chi connectivity index (χ4v) is 6.06. The largest absolute Gasteiger partial charge is 0.480 e. The molecule has 0 radical (unpaired) electrons. The maximum Gasteiger partial charge on any atom is 0.320 e. The number of carbonyl (C=O) groups is 3. The van der Waals surface area contributed by atoms with E-state index >= 15 is 0 Å². The minimum absolute atomic E-state index is 0. The molecule has 0 bridgehead atoms. The Morgan fingerprint density at radius 1 is 1.32 bits per heavy atom. The van der Waals surface area contributed by atoms with Gasteiger partial charge in [0.15, 0.2) is 0 Å². The summed E-state index contributed by atoms with van der Waals surface area (Å²) in [6, 6.07) is 8.92. The van der Waals surface area contributed by atoms with Gasteiger partial charge >= 0.3 is 5.97 Å². The molecule has 0 aliphatic carbocycles. The number of thioether (sulfide) groups is 1. The third kappa shape index (κ3) is 3.79. The van der Waals surface area contributed by atoms with Gasteiger partial charge in [0.2, 0.25) is 5.91 Å². The summed E-state index contributed by atoms with van der Waals surface area (Å²) in [5.74, 6) is -1.78. The molecule has 1 N–H and O–H groups in total. The molecule has 2 amide bonds. The summed E-state index contributed by atoms with van der Waals surface area (Å²) in [7, 11) is 1.36. The van der Waals surface area contributed by atoms with Gasteiger partial charge in [-0.3, -0.25) is 29.2 Å². The summed E-state index contributed by atoms with van der Waals surface area (Å²) in [6.07, 6.45) is 3.52. The molecule has 0 aromatic carbocycles. The average molecular weight is 526 g/mol. The zero-order chi connectivity index (χ0) is 21.5. The van der Waals surface area contributed by atoms with Crippen LogP contribution in [-0.4, -0.2) is 56.2 Å². The van der Waals surface area contributed by atoms with Gasteiger partial charge in [-0.05, 0) is 35.2 Å². The van der Waals surface area contributed by atoms with E-state index in [1.807, 2.05) is 12.1 Å². The van der Waals surface area contributed by atoms with Crippen LogP contribution in [-0.2, 0) is 25.5 Å². The van der Waals surface area contributed by atoms with Crippen LogP contribution in [0.1, 0.15) is 12.6 Å². The number of carboxylic acid groups (broad SMARTS) is 1. The number of thiophene rings is 1. The molecule has 31 heavy (non-hydrogen) atoms. The van der Waals surface area contributed by atoms with Crippen molar-refractivity contribution in [1.82, 2.24) is 9.88 Å². The highest BCUT2D eigenvalue weighted by atomic mass is 79.9.